The standard InChI is InChI=1S/C15H20BClO4/c1-4-20-14(18)12(15(19)21-5-2)9-10-8-11(17)6-7-13(10)16-3/h6-8,12,16H,4-5,9H2,1-3H3. The smallest absolute Gasteiger partial charge is 0.320 e. The van der Waals surface area contributed by atoms with Crippen LogP contribution in [0.3, 0.4) is 0 Å². The van der Waals surface area contributed by atoms with Crippen LogP contribution in [-0.2, 0) is 25.5 Å². The molecule has 0 aliphatic heterocycles. The molecule has 0 radical (unpaired) electrons. The van der Waals surface area contributed by atoms with Crippen LogP contribution in [0.1, 0.15) is 19.4 Å². The molecule has 0 saturated heterocycles. The third-order valence-corrected chi connectivity index (χ3v) is 3.35. The van der Waals surface area contributed by atoms with E-state index in [1.54, 1.807) is 26.0 Å². The van der Waals surface area contributed by atoms with E-state index in [1.807, 2.05) is 12.9 Å². The lowest BCUT2D eigenvalue weighted by Gasteiger charge is -2.16. The van der Waals surface area contributed by atoms with Crippen LogP contribution in [0.4, 0.5) is 0 Å². The average Bonchev–Trinajstić information content (AvgIpc) is 2.45. The van der Waals surface area contributed by atoms with Gasteiger partial charge in [-0.3, -0.25) is 9.59 Å². The van der Waals surface area contributed by atoms with Crippen LogP contribution in [-0.4, -0.2) is 32.4 Å². The Balaban J connectivity index is 3.02. The third kappa shape index (κ3) is 5.08. The van der Waals surface area contributed by atoms with E-state index in [2.05, 4.69) is 0 Å². The van der Waals surface area contributed by atoms with Gasteiger partial charge < -0.3 is 9.47 Å². The summed E-state index contributed by atoms with van der Waals surface area (Å²) >= 11 is 6.01. The second kappa shape index (κ2) is 8.72. The Bertz CT molecular complexity index is 486. The Morgan fingerprint density at radius 3 is 2.24 bits per heavy atom. The highest BCUT2D eigenvalue weighted by Gasteiger charge is 2.30. The van der Waals surface area contributed by atoms with Crippen LogP contribution >= 0.6 is 11.6 Å². The normalized spacial score (nSPS) is 10.3. The first-order valence-corrected chi connectivity index (χ1v) is 7.51. The summed E-state index contributed by atoms with van der Waals surface area (Å²) in [4.78, 5) is 24.0. The molecular formula is C15H20BClO4. The zero-order chi connectivity index (χ0) is 15.8. The van der Waals surface area contributed by atoms with Gasteiger partial charge in [0, 0.05) is 5.02 Å². The molecule has 0 spiro atoms. The van der Waals surface area contributed by atoms with E-state index < -0.39 is 17.9 Å². The van der Waals surface area contributed by atoms with Gasteiger partial charge in [0.1, 0.15) is 0 Å². The highest BCUT2D eigenvalue weighted by atomic mass is 35.5. The van der Waals surface area contributed by atoms with Crippen LogP contribution in [0, 0.1) is 5.92 Å². The van der Waals surface area contributed by atoms with Crippen molar-refractivity contribution in [3.05, 3.63) is 28.8 Å². The fourth-order valence-corrected chi connectivity index (χ4v) is 2.29. The van der Waals surface area contributed by atoms with E-state index in [1.165, 1.54) is 0 Å². The zero-order valence-corrected chi connectivity index (χ0v) is 13.4. The van der Waals surface area contributed by atoms with Gasteiger partial charge in [0.05, 0.1) is 13.2 Å². The fraction of sp³-hybridized carbons (Fsp3) is 0.467. The second-order valence-electron chi connectivity index (χ2n) is 4.53. The molecule has 0 aromatic heterocycles. The Kier molecular flexibility index (Phi) is 7.30. The van der Waals surface area contributed by atoms with Gasteiger partial charge in [0.15, 0.2) is 13.2 Å². The summed E-state index contributed by atoms with van der Waals surface area (Å²) in [7, 11) is 0.797. The quantitative estimate of drug-likeness (QED) is 0.437. The van der Waals surface area contributed by atoms with Gasteiger partial charge in [0.25, 0.3) is 0 Å². The van der Waals surface area contributed by atoms with Gasteiger partial charge >= 0.3 is 11.9 Å². The van der Waals surface area contributed by atoms with Crippen LogP contribution in [0.15, 0.2) is 18.2 Å². The van der Waals surface area contributed by atoms with Gasteiger partial charge in [-0.15, -0.1) is 0 Å². The van der Waals surface area contributed by atoms with Crippen molar-refractivity contribution in [1.29, 1.82) is 0 Å². The van der Waals surface area contributed by atoms with Crippen molar-refractivity contribution in [2.24, 2.45) is 5.92 Å². The molecule has 1 aromatic carbocycles. The van der Waals surface area contributed by atoms with E-state index >= 15 is 0 Å². The topological polar surface area (TPSA) is 52.6 Å². The molecule has 0 fully saturated rings. The van der Waals surface area contributed by atoms with Crippen molar-refractivity contribution < 1.29 is 19.1 Å². The molecule has 0 unspecified atom stereocenters. The van der Waals surface area contributed by atoms with Crippen molar-refractivity contribution in [2.75, 3.05) is 13.2 Å². The van der Waals surface area contributed by atoms with Crippen molar-refractivity contribution in [3.8, 4) is 0 Å². The zero-order valence-electron chi connectivity index (χ0n) is 12.6. The maximum atomic E-state index is 12.0. The lowest BCUT2D eigenvalue weighted by atomic mass is 9.70. The number of rotatable bonds is 7. The summed E-state index contributed by atoms with van der Waals surface area (Å²) < 4.78 is 9.95. The van der Waals surface area contributed by atoms with Crippen LogP contribution < -0.4 is 5.46 Å². The Morgan fingerprint density at radius 1 is 1.19 bits per heavy atom. The van der Waals surface area contributed by atoms with E-state index in [9.17, 15) is 9.59 Å². The highest BCUT2D eigenvalue weighted by molar-refractivity contribution is 6.52. The summed E-state index contributed by atoms with van der Waals surface area (Å²) in [6, 6.07) is 5.49. The van der Waals surface area contributed by atoms with Crippen molar-refractivity contribution in [3.63, 3.8) is 0 Å². The Hall–Kier alpha value is -1.49. The van der Waals surface area contributed by atoms with E-state index in [0.29, 0.717) is 5.02 Å². The van der Waals surface area contributed by atoms with E-state index in [-0.39, 0.29) is 19.6 Å². The summed E-state index contributed by atoms with van der Waals surface area (Å²) in [5.41, 5.74) is 1.93. The molecule has 0 N–H and O–H groups in total. The van der Waals surface area contributed by atoms with Gasteiger partial charge in [0.2, 0.25) is 0 Å². The van der Waals surface area contributed by atoms with Crippen LogP contribution in [0.2, 0.25) is 11.8 Å². The minimum atomic E-state index is -0.950. The molecule has 0 aliphatic rings. The maximum Gasteiger partial charge on any atom is 0.320 e. The molecule has 0 atom stereocenters. The van der Waals surface area contributed by atoms with E-state index in [4.69, 9.17) is 21.1 Å². The molecule has 4 nitrogen and oxygen atoms in total. The second-order valence-corrected chi connectivity index (χ2v) is 4.96. The molecule has 1 aromatic rings. The summed E-state index contributed by atoms with van der Waals surface area (Å²) in [6.07, 6.45) is 0.238. The van der Waals surface area contributed by atoms with Gasteiger partial charge in [-0.2, -0.15) is 0 Å². The minimum absolute atomic E-state index is 0.227. The first-order valence-electron chi connectivity index (χ1n) is 7.13. The lowest BCUT2D eigenvalue weighted by Crippen LogP contribution is -2.32. The lowest BCUT2D eigenvalue weighted by molar-refractivity contribution is -0.161. The molecule has 0 amide bonds. The number of halogens is 1. The first-order chi connectivity index (χ1) is 10.0. The monoisotopic (exact) mass is 310 g/mol. The van der Waals surface area contributed by atoms with Crippen molar-refractivity contribution in [1.82, 2.24) is 0 Å². The predicted molar refractivity (Wildman–Crippen MR) is 84.6 cm³/mol. The van der Waals surface area contributed by atoms with Gasteiger partial charge in [-0.1, -0.05) is 35.5 Å². The number of ether oxygens (including phenoxy) is 2. The summed E-state index contributed by atoms with van der Waals surface area (Å²) in [6.45, 7) is 5.88. The Labute approximate surface area is 131 Å². The average molecular weight is 311 g/mol. The number of carbonyl (C=O) groups is 2. The number of benzene rings is 1. The summed E-state index contributed by atoms with van der Waals surface area (Å²) in [5, 5.41) is 0.577. The molecule has 21 heavy (non-hydrogen) atoms. The summed E-state index contributed by atoms with van der Waals surface area (Å²) in [5.74, 6) is -2.07. The van der Waals surface area contributed by atoms with Crippen molar-refractivity contribution >= 4 is 36.3 Å². The van der Waals surface area contributed by atoms with Gasteiger partial charge in [-0.05, 0) is 32.4 Å². The molecule has 0 bridgehead atoms. The Morgan fingerprint density at radius 2 is 1.76 bits per heavy atom. The minimum Gasteiger partial charge on any atom is -0.465 e. The SMILES string of the molecule is CBc1ccc(Cl)cc1CC(C(=O)OCC)C(=O)OCC. The number of carbonyl (C=O) groups excluding carboxylic acids is 2. The van der Waals surface area contributed by atoms with Crippen molar-refractivity contribution in [2.45, 2.75) is 27.1 Å². The molecule has 0 aliphatic carbocycles. The number of hydrogen-bond acceptors (Lipinski definition) is 4. The fourth-order valence-electron chi connectivity index (χ4n) is 2.10. The molecule has 0 saturated carbocycles. The molecular weight excluding hydrogens is 290 g/mol. The first kappa shape index (κ1) is 17.6. The molecule has 6 heteroatoms. The number of esters is 2. The number of hydrogen-bond donors (Lipinski definition) is 0. The predicted octanol–water partition coefficient (Wildman–Crippen LogP) is 1.73. The third-order valence-electron chi connectivity index (χ3n) is 3.12. The maximum absolute atomic E-state index is 12.0. The van der Waals surface area contributed by atoms with Crippen LogP contribution in [0.25, 0.3) is 0 Å². The molecule has 114 valence electrons. The van der Waals surface area contributed by atoms with Crippen LogP contribution in [0.5, 0.6) is 0 Å². The van der Waals surface area contributed by atoms with E-state index in [0.717, 1.165) is 18.3 Å². The largest absolute Gasteiger partial charge is 0.465 e. The highest BCUT2D eigenvalue weighted by Crippen LogP contribution is 2.16. The molecule has 1 rings (SSSR count). The molecule has 0 heterocycles. The van der Waals surface area contributed by atoms with Gasteiger partial charge in [-0.25, -0.2) is 0 Å².